The maximum atomic E-state index is 13.2. The minimum absolute atomic E-state index is 0.252. The number of urea groups is 1. The van der Waals surface area contributed by atoms with Gasteiger partial charge in [0.15, 0.2) is 0 Å². The fourth-order valence-corrected chi connectivity index (χ4v) is 3.85. The molecule has 8 heteroatoms. The smallest absolute Gasteiger partial charge is 0.270 e. The van der Waals surface area contributed by atoms with Crippen molar-refractivity contribution >= 4 is 23.7 Å². The van der Waals surface area contributed by atoms with Crippen molar-refractivity contribution in [1.82, 2.24) is 19.6 Å². The Kier molecular flexibility index (Phi) is 4.56. The summed E-state index contributed by atoms with van der Waals surface area (Å²) in [5.74, 6) is 0.750. The van der Waals surface area contributed by atoms with E-state index in [1.807, 2.05) is 55.7 Å². The molecule has 8 nitrogen and oxygen atoms in total. The van der Waals surface area contributed by atoms with Crippen molar-refractivity contribution in [2.45, 2.75) is 40.3 Å². The number of aliphatic imine (C=N–C) groups is 1. The van der Waals surface area contributed by atoms with Crippen molar-refractivity contribution in [2.24, 2.45) is 4.99 Å². The molecule has 0 bridgehead atoms. The Balaban J connectivity index is 1.87. The number of imide groups is 1. The standard InChI is InChI=1S/C21H25N6O2/c1-6-25-19(28)17-18(24(5)21(25)29)22-20(27-15(4)11-14(3)23-27)26(17)12-16-9-7-13(2)8-10-16/h7-11,17H,6,12H2,1-5H3/q+1. The van der Waals surface area contributed by atoms with Crippen LogP contribution in [0.2, 0.25) is 0 Å². The Morgan fingerprint density at radius 3 is 2.38 bits per heavy atom. The molecule has 2 aliphatic rings. The summed E-state index contributed by atoms with van der Waals surface area (Å²) in [4.78, 5) is 33.3. The number of hydrogen-bond acceptors (Lipinski definition) is 4. The monoisotopic (exact) mass is 393 g/mol. The fraction of sp³-hybridized carbons (Fsp3) is 0.381. The molecular weight excluding hydrogens is 368 g/mol. The predicted octanol–water partition coefficient (Wildman–Crippen LogP) is 1.92. The van der Waals surface area contributed by atoms with E-state index < -0.39 is 6.04 Å². The first-order valence-electron chi connectivity index (χ1n) is 9.72. The lowest BCUT2D eigenvalue weighted by molar-refractivity contribution is -0.553. The third-order valence-electron chi connectivity index (χ3n) is 5.38. The molecule has 3 heterocycles. The third kappa shape index (κ3) is 3.04. The molecule has 1 saturated heterocycles. The average Bonchev–Trinajstić information content (AvgIpc) is 3.22. The number of aryl methyl sites for hydroxylation is 3. The van der Waals surface area contributed by atoms with Gasteiger partial charge in [0.1, 0.15) is 5.69 Å². The van der Waals surface area contributed by atoms with E-state index in [9.17, 15) is 9.59 Å². The molecule has 29 heavy (non-hydrogen) atoms. The van der Waals surface area contributed by atoms with Crippen molar-refractivity contribution < 1.29 is 14.2 Å². The second kappa shape index (κ2) is 6.95. The number of benzene rings is 1. The number of rotatable bonds is 3. The van der Waals surface area contributed by atoms with Crippen LogP contribution < -0.4 is 0 Å². The minimum Gasteiger partial charge on any atom is -0.270 e. The molecule has 1 unspecified atom stereocenters. The van der Waals surface area contributed by atoms with Gasteiger partial charge in [0.2, 0.25) is 11.9 Å². The highest BCUT2D eigenvalue weighted by molar-refractivity contribution is 6.22. The Bertz CT molecular complexity index is 1060. The SMILES string of the molecule is CCN1C(=O)C2C(=NC(n3nc(C)cc3C)=[N+]2Cc2ccc(C)cc2)N(C)C1=O. The number of carbonyl (C=O) groups is 2. The number of fused-ring (bicyclic) bond motifs is 1. The summed E-state index contributed by atoms with van der Waals surface area (Å²) in [6.45, 7) is 8.52. The van der Waals surface area contributed by atoms with Gasteiger partial charge in [-0.1, -0.05) is 34.8 Å². The van der Waals surface area contributed by atoms with Gasteiger partial charge in [0.25, 0.3) is 5.91 Å². The van der Waals surface area contributed by atoms with Crippen LogP contribution >= 0.6 is 0 Å². The number of amides is 3. The lowest BCUT2D eigenvalue weighted by atomic mass is 10.1. The molecule has 0 aliphatic carbocycles. The van der Waals surface area contributed by atoms with E-state index in [4.69, 9.17) is 4.99 Å². The van der Waals surface area contributed by atoms with Crippen molar-refractivity contribution in [3.05, 3.63) is 52.8 Å². The van der Waals surface area contributed by atoms with Crippen LogP contribution in [0.15, 0.2) is 35.3 Å². The van der Waals surface area contributed by atoms with Crippen LogP contribution in [0.5, 0.6) is 0 Å². The van der Waals surface area contributed by atoms with E-state index in [0.717, 1.165) is 17.0 Å². The molecule has 1 fully saturated rings. The van der Waals surface area contributed by atoms with Crippen LogP contribution in [0.25, 0.3) is 0 Å². The maximum Gasteiger partial charge on any atom is 0.421 e. The fourth-order valence-electron chi connectivity index (χ4n) is 3.85. The highest BCUT2D eigenvalue weighted by atomic mass is 16.2. The van der Waals surface area contributed by atoms with Gasteiger partial charge in [-0.05, 0) is 39.3 Å². The summed E-state index contributed by atoms with van der Waals surface area (Å²) in [5, 5.41) is 4.57. The predicted molar refractivity (Wildman–Crippen MR) is 109 cm³/mol. The molecule has 2 aliphatic heterocycles. The van der Waals surface area contributed by atoms with Crippen molar-refractivity contribution in [3.63, 3.8) is 0 Å². The first-order valence-corrected chi connectivity index (χ1v) is 9.72. The van der Waals surface area contributed by atoms with Gasteiger partial charge < -0.3 is 0 Å². The summed E-state index contributed by atoms with van der Waals surface area (Å²) in [6, 6.07) is 9.15. The zero-order valence-corrected chi connectivity index (χ0v) is 17.4. The number of aromatic nitrogens is 2. The van der Waals surface area contributed by atoms with Gasteiger partial charge in [-0.15, -0.1) is 9.78 Å². The van der Waals surface area contributed by atoms with Crippen LogP contribution in [0.1, 0.15) is 29.4 Å². The molecule has 1 atom stereocenters. The molecule has 1 aromatic carbocycles. The third-order valence-corrected chi connectivity index (χ3v) is 5.38. The first kappa shape index (κ1) is 19.0. The first-order chi connectivity index (χ1) is 13.8. The number of hydrogen-bond donors (Lipinski definition) is 0. The van der Waals surface area contributed by atoms with Crippen molar-refractivity contribution in [1.29, 1.82) is 0 Å². The number of amidine groups is 1. The summed E-state index contributed by atoms with van der Waals surface area (Å²) >= 11 is 0. The Labute approximate surface area is 169 Å². The van der Waals surface area contributed by atoms with Crippen LogP contribution in [0, 0.1) is 20.8 Å². The molecule has 0 N–H and O–H groups in total. The number of likely N-dealkylation sites (N-methyl/N-ethyl adjacent to an activating group) is 2. The summed E-state index contributed by atoms with van der Waals surface area (Å²) in [5.41, 5.74) is 4.02. The second-order valence-corrected chi connectivity index (χ2v) is 7.55. The average molecular weight is 393 g/mol. The summed E-state index contributed by atoms with van der Waals surface area (Å²) in [7, 11) is 1.66. The van der Waals surface area contributed by atoms with Gasteiger partial charge in [0, 0.05) is 13.6 Å². The quantitative estimate of drug-likeness (QED) is 0.748. The Morgan fingerprint density at radius 2 is 1.79 bits per heavy atom. The van der Waals surface area contributed by atoms with E-state index in [0.29, 0.717) is 24.9 Å². The van der Waals surface area contributed by atoms with E-state index in [-0.39, 0.29) is 11.9 Å². The Morgan fingerprint density at radius 1 is 1.10 bits per heavy atom. The van der Waals surface area contributed by atoms with Crippen molar-refractivity contribution in [2.75, 3.05) is 13.6 Å². The molecule has 0 saturated carbocycles. The zero-order chi connectivity index (χ0) is 20.9. The van der Waals surface area contributed by atoms with Gasteiger partial charge in [-0.25, -0.2) is 9.37 Å². The largest absolute Gasteiger partial charge is 0.421 e. The van der Waals surface area contributed by atoms with E-state index in [2.05, 4.69) is 5.10 Å². The molecular formula is C21H25N6O2+. The highest BCUT2D eigenvalue weighted by Gasteiger charge is 2.52. The van der Waals surface area contributed by atoms with Crippen molar-refractivity contribution in [3.8, 4) is 0 Å². The number of nitrogens with zero attached hydrogens (tertiary/aromatic N) is 6. The zero-order valence-electron chi connectivity index (χ0n) is 17.4. The summed E-state index contributed by atoms with van der Waals surface area (Å²) < 4.78 is 3.68. The number of carbonyl (C=O) groups excluding carboxylic acids is 2. The van der Waals surface area contributed by atoms with Crippen LogP contribution in [0.3, 0.4) is 0 Å². The van der Waals surface area contributed by atoms with Gasteiger partial charge >= 0.3 is 12.0 Å². The maximum absolute atomic E-state index is 13.2. The molecule has 2 aromatic rings. The minimum atomic E-state index is -0.655. The molecule has 150 valence electrons. The highest BCUT2D eigenvalue weighted by Crippen LogP contribution is 2.22. The van der Waals surface area contributed by atoms with E-state index in [1.165, 1.54) is 15.4 Å². The van der Waals surface area contributed by atoms with Crippen LogP contribution in [-0.2, 0) is 11.3 Å². The molecule has 0 radical (unpaired) electrons. The van der Waals surface area contributed by atoms with Crippen LogP contribution in [-0.4, -0.2) is 67.5 Å². The van der Waals surface area contributed by atoms with Gasteiger partial charge in [-0.2, -0.15) is 0 Å². The van der Waals surface area contributed by atoms with Crippen LogP contribution in [0.4, 0.5) is 4.79 Å². The molecule has 4 rings (SSSR count). The summed E-state index contributed by atoms with van der Waals surface area (Å²) in [6.07, 6.45) is 0. The van der Waals surface area contributed by atoms with Gasteiger partial charge in [0.05, 0.1) is 12.2 Å². The van der Waals surface area contributed by atoms with E-state index in [1.54, 1.807) is 18.7 Å². The molecule has 0 spiro atoms. The lowest BCUT2D eigenvalue weighted by Crippen LogP contribution is -2.62. The molecule has 1 aromatic heterocycles. The van der Waals surface area contributed by atoms with Gasteiger partial charge in [-0.3, -0.25) is 14.6 Å². The molecule has 3 amide bonds. The van der Waals surface area contributed by atoms with E-state index >= 15 is 0 Å². The normalized spacial score (nSPS) is 19.2. The Hall–Kier alpha value is -3.29. The second-order valence-electron chi connectivity index (χ2n) is 7.55. The topological polar surface area (TPSA) is 73.8 Å². The lowest BCUT2D eigenvalue weighted by Gasteiger charge is -2.33.